The molecule has 1 rings (SSSR count). The summed E-state index contributed by atoms with van der Waals surface area (Å²) in [5.74, 6) is -1.83. The monoisotopic (exact) mass is 244 g/mol. The lowest BCUT2D eigenvalue weighted by atomic mass is 10.2. The first kappa shape index (κ1) is 13.3. The molecule has 94 valence electrons. The standard InChI is InChI=1S/C10H13FN2O4/c11-9-7(12-17)1-2-8(10(9)16)13(3-5-14)4-6-15/h1-2,14-16H,3-6H2. The van der Waals surface area contributed by atoms with Gasteiger partial charge in [0.2, 0.25) is 0 Å². The van der Waals surface area contributed by atoms with Gasteiger partial charge in [-0.15, -0.1) is 4.91 Å². The van der Waals surface area contributed by atoms with Gasteiger partial charge in [-0.2, -0.15) is 0 Å². The van der Waals surface area contributed by atoms with Gasteiger partial charge in [0.05, 0.1) is 18.9 Å². The molecule has 0 aliphatic heterocycles. The zero-order valence-corrected chi connectivity index (χ0v) is 9.01. The van der Waals surface area contributed by atoms with E-state index in [2.05, 4.69) is 5.18 Å². The Morgan fingerprint density at radius 3 is 2.29 bits per heavy atom. The number of aromatic hydroxyl groups is 1. The van der Waals surface area contributed by atoms with Crippen LogP contribution < -0.4 is 4.90 Å². The average Bonchev–Trinajstić information content (AvgIpc) is 2.32. The zero-order valence-electron chi connectivity index (χ0n) is 9.01. The van der Waals surface area contributed by atoms with Crippen molar-refractivity contribution in [1.82, 2.24) is 0 Å². The molecule has 0 bridgehead atoms. The first-order valence-electron chi connectivity index (χ1n) is 4.97. The highest BCUT2D eigenvalue weighted by Crippen LogP contribution is 2.35. The fourth-order valence-corrected chi connectivity index (χ4v) is 1.46. The molecule has 7 heteroatoms. The smallest absolute Gasteiger partial charge is 0.196 e. The lowest BCUT2D eigenvalue weighted by Gasteiger charge is -2.23. The number of nitrogens with zero attached hydrogens (tertiary/aromatic N) is 2. The van der Waals surface area contributed by atoms with Gasteiger partial charge >= 0.3 is 0 Å². The van der Waals surface area contributed by atoms with E-state index in [0.717, 1.165) is 6.07 Å². The first-order valence-corrected chi connectivity index (χ1v) is 4.97. The largest absolute Gasteiger partial charge is 0.503 e. The third kappa shape index (κ3) is 2.89. The summed E-state index contributed by atoms with van der Waals surface area (Å²) in [7, 11) is 0. The average molecular weight is 244 g/mol. The van der Waals surface area contributed by atoms with Crippen LogP contribution in [0.1, 0.15) is 0 Å². The Morgan fingerprint density at radius 1 is 1.24 bits per heavy atom. The summed E-state index contributed by atoms with van der Waals surface area (Å²) in [6, 6.07) is 2.43. The number of benzene rings is 1. The molecule has 0 amide bonds. The Labute approximate surface area is 96.9 Å². The topological polar surface area (TPSA) is 93.4 Å². The fraction of sp³-hybridized carbons (Fsp3) is 0.400. The van der Waals surface area contributed by atoms with E-state index in [9.17, 15) is 14.4 Å². The summed E-state index contributed by atoms with van der Waals surface area (Å²) in [5, 5.41) is 29.6. The highest BCUT2D eigenvalue weighted by Gasteiger charge is 2.17. The molecule has 3 N–H and O–H groups in total. The van der Waals surface area contributed by atoms with Crippen molar-refractivity contribution in [3.05, 3.63) is 22.9 Å². The molecule has 0 aromatic heterocycles. The number of hydrogen-bond acceptors (Lipinski definition) is 6. The van der Waals surface area contributed by atoms with E-state index in [1.807, 2.05) is 0 Å². The molecule has 17 heavy (non-hydrogen) atoms. The van der Waals surface area contributed by atoms with E-state index >= 15 is 0 Å². The lowest BCUT2D eigenvalue weighted by Crippen LogP contribution is -2.29. The van der Waals surface area contributed by atoms with E-state index < -0.39 is 17.3 Å². The van der Waals surface area contributed by atoms with Gasteiger partial charge in [-0.25, -0.2) is 4.39 Å². The van der Waals surface area contributed by atoms with Crippen molar-refractivity contribution in [2.24, 2.45) is 5.18 Å². The van der Waals surface area contributed by atoms with Crippen LogP contribution in [0.25, 0.3) is 0 Å². The Kier molecular flexibility index (Phi) is 4.80. The molecule has 1 aromatic carbocycles. The Hall–Kier alpha value is -1.73. The lowest BCUT2D eigenvalue weighted by molar-refractivity contribution is 0.280. The maximum absolute atomic E-state index is 13.4. The summed E-state index contributed by atoms with van der Waals surface area (Å²) in [5.41, 5.74) is -0.391. The van der Waals surface area contributed by atoms with E-state index in [4.69, 9.17) is 10.2 Å². The predicted molar refractivity (Wildman–Crippen MR) is 59.9 cm³/mol. The third-order valence-electron chi connectivity index (χ3n) is 2.25. The minimum Gasteiger partial charge on any atom is -0.503 e. The number of phenols is 1. The normalized spacial score (nSPS) is 10.3. The number of aliphatic hydroxyl groups excluding tert-OH is 2. The van der Waals surface area contributed by atoms with Crippen molar-refractivity contribution in [3.8, 4) is 5.75 Å². The van der Waals surface area contributed by atoms with Gasteiger partial charge in [0.25, 0.3) is 0 Å². The molecular weight excluding hydrogens is 231 g/mol. The Morgan fingerprint density at radius 2 is 1.82 bits per heavy atom. The van der Waals surface area contributed by atoms with Crippen molar-refractivity contribution >= 4 is 11.4 Å². The number of aliphatic hydroxyl groups is 2. The van der Waals surface area contributed by atoms with Crippen LogP contribution >= 0.6 is 0 Å². The van der Waals surface area contributed by atoms with Crippen molar-refractivity contribution in [2.45, 2.75) is 0 Å². The number of hydrogen-bond donors (Lipinski definition) is 3. The van der Waals surface area contributed by atoms with Gasteiger partial charge in [-0.1, -0.05) is 0 Å². The maximum atomic E-state index is 13.4. The number of rotatable bonds is 6. The van der Waals surface area contributed by atoms with Gasteiger partial charge in [-0.05, 0) is 17.3 Å². The third-order valence-corrected chi connectivity index (χ3v) is 2.25. The molecule has 0 atom stereocenters. The van der Waals surface area contributed by atoms with Crippen molar-refractivity contribution < 1.29 is 19.7 Å². The minimum absolute atomic E-state index is 0.0954. The number of halogens is 1. The molecule has 0 saturated heterocycles. The van der Waals surface area contributed by atoms with Crippen LogP contribution in [0.2, 0.25) is 0 Å². The molecule has 0 unspecified atom stereocenters. The van der Waals surface area contributed by atoms with Gasteiger partial charge in [-0.3, -0.25) is 0 Å². The number of phenolic OH excluding ortho intramolecular Hbond substituents is 1. The van der Waals surface area contributed by atoms with Crippen LogP contribution in [-0.2, 0) is 0 Å². The van der Waals surface area contributed by atoms with Crippen molar-refractivity contribution in [2.75, 3.05) is 31.2 Å². The quantitative estimate of drug-likeness (QED) is 0.641. The van der Waals surface area contributed by atoms with Crippen LogP contribution in [0.4, 0.5) is 15.8 Å². The molecule has 0 aliphatic rings. The van der Waals surface area contributed by atoms with Crippen LogP contribution in [0.5, 0.6) is 5.75 Å². The molecule has 0 saturated carbocycles. The Balaban J connectivity index is 3.11. The van der Waals surface area contributed by atoms with Crippen molar-refractivity contribution in [1.29, 1.82) is 0 Å². The van der Waals surface area contributed by atoms with Gasteiger partial charge in [0.15, 0.2) is 11.6 Å². The van der Waals surface area contributed by atoms with Gasteiger partial charge in [0, 0.05) is 13.1 Å². The molecule has 0 radical (unpaired) electrons. The fourth-order valence-electron chi connectivity index (χ4n) is 1.46. The van der Waals surface area contributed by atoms with Crippen LogP contribution in [-0.4, -0.2) is 41.6 Å². The van der Waals surface area contributed by atoms with Gasteiger partial charge < -0.3 is 20.2 Å². The number of anilines is 1. The molecule has 0 heterocycles. The predicted octanol–water partition coefficient (Wildman–Crippen LogP) is 0.720. The van der Waals surface area contributed by atoms with Crippen LogP contribution in [0, 0.1) is 10.7 Å². The summed E-state index contributed by atoms with van der Waals surface area (Å²) >= 11 is 0. The molecular formula is C10H13FN2O4. The Bertz CT molecular complexity index is 394. The molecule has 0 spiro atoms. The zero-order chi connectivity index (χ0) is 12.8. The van der Waals surface area contributed by atoms with E-state index in [1.165, 1.54) is 11.0 Å². The van der Waals surface area contributed by atoms with Crippen molar-refractivity contribution in [3.63, 3.8) is 0 Å². The minimum atomic E-state index is -1.11. The second kappa shape index (κ2) is 6.12. The summed E-state index contributed by atoms with van der Waals surface area (Å²) in [6.07, 6.45) is 0. The SMILES string of the molecule is O=Nc1ccc(N(CCO)CCO)c(O)c1F. The maximum Gasteiger partial charge on any atom is 0.196 e. The van der Waals surface area contributed by atoms with E-state index in [-0.39, 0.29) is 32.0 Å². The summed E-state index contributed by atoms with van der Waals surface area (Å²) < 4.78 is 13.4. The number of nitroso groups, excluding NO2 is 1. The van der Waals surface area contributed by atoms with E-state index in [1.54, 1.807) is 0 Å². The van der Waals surface area contributed by atoms with E-state index in [0.29, 0.717) is 0 Å². The highest BCUT2D eigenvalue weighted by molar-refractivity contribution is 5.64. The second-order valence-electron chi connectivity index (χ2n) is 3.29. The molecule has 0 aliphatic carbocycles. The first-order chi connectivity index (χ1) is 8.15. The highest BCUT2D eigenvalue weighted by atomic mass is 19.1. The molecule has 0 fully saturated rings. The summed E-state index contributed by atoms with van der Waals surface area (Å²) in [6.45, 7) is -0.174. The summed E-state index contributed by atoms with van der Waals surface area (Å²) in [4.78, 5) is 11.6. The van der Waals surface area contributed by atoms with Gasteiger partial charge in [0.1, 0.15) is 5.69 Å². The molecule has 6 nitrogen and oxygen atoms in total. The van der Waals surface area contributed by atoms with Crippen LogP contribution in [0.3, 0.4) is 0 Å². The second-order valence-corrected chi connectivity index (χ2v) is 3.29. The van der Waals surface area contributed by atoms with Crippen LogP contribution in [0.15, 0.2) is 17.3 Å². The molecule has 1 aromatic rings.